The summed E-state index contributed by atoms with van der Waals surface area (Å²) in [5, 5.41) is 12.8. The van der Waals surface area contributed by atoms with Crippen LogP contribution in [0.15, 0.2) is 54.6 Å². The number of nitrogens with one attached hydrogen (secondary N) is 1. The van der Waals surface area contributed by atoms with E-state index in [1.54, 1.807) is 18.7 Å². The van der Waals surface area contributed by atoms with E-state index in [0.29, 0.717) is 19.6 Å². The van der Waals surface area contributed by atoms with Crippen LogP contribution in [0.4, 0.5) is 4.79 Å². The van der Waals surface area contributed by atoms with Gasteiger partial charge in [0.25, 0.3) is 0 Å². The Morgan fingerprint density at radius 2 is 1.72 bits per heavy atom. The van der Waals surface area contributed by atoms with Gasteiger partial charge in [0.05, 0.1) is 5.60 Å². The van der Waals surface area contributed by atoms with Crippen molar-refractivity contribution in [2.75, 3.05) is 13.1 Å². The largest absolute Gasteiger partial charge is 0.457 e. The van der Waals surface area contributed by atoms with Gasteiger partial charge in [-0.2, -0.15) is 0 Å². The van der Waals surface area contributed by atoms with Gasteiger partial charge in [-0.15, -0.1) is 0 Å². The molecule has 0 saturated carbocycles. The van der Waals surface area contributed by atoms with Crippen LogP contribution in [0.1, 0.15) is 19.4 Å². The fourth-order valence-electron chi connectivity index (χ4n) is 2.68. The zero-order chi connectivity index (χ0) is 17.9. The number of carbonyl (C=O) groups excluding carboxylic acids is 1. The van der Waals surface area contributed by atoms with Gasteiger partial charge in [0, 0.05) is 25.6 Å². The summed E-state index contributed by atoms with van der Waals surface area (Å²) < 4.78 is 5.75. The van der Waals surface area contributed by atoms with Crippen LogP contribution >= 0.6 is 0 Å². The highest BCUT2D eigenvalue weighted by Crippen LogP contribution is 2.26. The van der Waals surface area contributed by atoms with Gasteiger partial charge in [-0.1, -0.05) is 30.3 Å². The van der Waals surface area contributed by atoms with Crippen molar-refractivity contribution in [2.24, 2.45) is 5.92 Å². The van der Waals surface area contributed by atoms with Crippen molar-refractivity contribution in [1.29, 1.82) is 0 Å². The first-order valence-electron chi connectivity index (χ1n) is 8.49. The Labute approximate surface area is 148 Å². The molecule has 2 aromatic rings. The number of carbonyl (C=O) groups is 1. The van der Waals surface area contributed by atoms with Crippen molar-refractivity contribution in [3.63, 3.8) is 0 Å². The minimum atomic E-state index is -0.731. The highest BCUT2D eigenvalue weighted by atomic mass is 16.5. The first-order valence-corrected chi connectivity index (χ1v) is 8.49. The predicted molar refractivity (Wildman–Crippen MR) is 96.6 cm³/mol. The maximum atomic E-state index is 12.1. The Hall–Kier alpha value is -2.53. The zero-order valence-electron chi connectivity index (χ0n) is 14.6. The third-order valence-electron chi connectivity index (χ3n) is 4.51. The second-order valence-corrected chi connectivity index (χ2v) is 6.97. The molecule has 2 amide bonds. The van der Waals surface area contributed by atoms with Crippen molar-refractivity contribution >= 4 is 6.03 Å². The van der Waals surface area contributed by atoms with E-state index in [-0.39, 0.29) is 11.9 Å². The molecule has 1 aliphatic heterocycles. The van der Waals surface area contributed by atoms with E-state index in [1.807, 2.05) is 54.6 Å². The third kappa shape index (κ3) is 4.51. The van der Waals surface area contributed by atoms with Gasteiger partial charge in [-0.3, -0.25) is 0 Å². The molecule has 2 N–H and O–H groups in total. The Bertz CT molecular complexity index is 702. The van der Waals surface area contributed by atoms with E-state index < -0.39 is 5.60 Å². The van der Waals surface area contributed by atoms with Crippen LogP contribution in [0.2, 0.25) is 0 Å². The first-order chi connectivity index (χ1) is 11.9. The monoisotopic (exact) mass is 340 g/mol. The first kappa shape index (κ1) is 17.3. The highest BCUT2D eigenvalue weighted by molar-refractivity contribution is 5.75. The number of para-hydroxylation sites is 1. The fourth-order valence-corrected chi connectivity index (χ4v) is 2.68. The van der Waals surface area contributed by atoms with Crippen LogP contribution < -0.4 is 10.1 Å². The number of amides is 2. The quantitative estimate of drug-likeness (QED) is 0.877. The number of benzene rings is 2. The molecular formula is C20H24N2O3. The molecule has 3 rings (SSSR count). The highest BCUT2D eigenvalue weighted by Gasteiger charge is 2.39. The summed E-state index contributed by atoms with van der Waals surface area (Å²) in [6.07, 6.45) is 0. The molecule has 0 atom stereocenters. The van der Waals surface area contributed by atoms with E-state index in [9.17, 15) is 9.90 Å². The summed E-state index contributed by atoms with van der Waals surface area (Å²) >= 11 is 0. The van der Waals surface area contributed by atoms with Crippen molar-refractivity contribution in [2.45, 2.75) is 26.0 Å². The van der Waals surface area contributed by atoms with Crippen LogP contribution in [0.5, 0.6) is 11.5 Å². The van der Waals surface area contributed by atoms with Crippen molar-refractivity contribution in [3.8, 4) is 11.5 Å². The number of ether oxygens (including phenoxy) is 1. The molecule has 1 fully saturated rings. The molecule has 1 heterocycles. The van der Waals surface area contributed by atoms with E-state index in [0.717, 1.165) is 17.1 Å². The number of likely N-dealkylation sites (tertiary alicyclic amines) is 1. The van der Waals surface area contributed by atoms with Crippen LogP contribution in [0.25, 0.3) is 0 Å². The van der Waals surface area contributed by atoms with Crippen molar-refractivity contribution in [1.82, 2.24) is 10.2 Å². The molecule has 2 aromatic carbocycles. The van der Waals surface area contributed by atoms with Crippen LogP contribution in [-0.2, 0) is 6.54 Å². The maximum Gasteiger partial charge on any atom is 0.317 e. The summed E-state index contributed by atoms with van der Waals surface area (Å²) in [5.41, 5.74) is 0.277. The van der Waals surface area contributed by atoms with Gasteiger partial charge in [0.15, 0.2) is 0 Å². The van der Waals surface area contributed by atoms with E-state index in [4.69, 9.17) is 4.74 Å². The van der Waals surface area contributed by atoms with Crippen molar-refractivity contribution in [3.05, 3.63) is 60.2 Å². The second-order valence-electron chi connectivity index (χ2n) is 6.97. The van der Waals surface area contributed by atoms with Gasteiger partial charge in [0.2, 0.25) is 0 Å². The number of aliphatic hydroxyl groups is 1. The van der Waals surface area contributed by atoms with Crippen LogP contribution in [0, 0.1) is 5.92 Å². The number of rotatable bonds is 5. The molecule has 0 bridgehead atoms. The molecule has 0 aromatic heterocycles. The van der Waals surface area contributed by atoms with Gasteiger partial charge in [-0.05, 0) is 43.7 Å². The van der Waals surface area contributed by atoms with E-state index >= 15 is 0 Å². The second kappa shape index (κ2) is 7.15. The lowest BCUT2D eigenvalue weighted by atomic mass is 9.85. The lowest BCUT2D eigenvalue weighted by Crippen LogP contribution is -2.59. The number of hydrogen-bond donors (Lipinski definition) is 2. The SMILES string of the molecule is CC(C)(O)C1CN(C(=O)NCc2ccc(Oc3ccccc3)cc2)C1. The van der Waals surface area contributed by atoms with Gasteiger partial charge >= 0.3 is 6.03 Å². The zero-order valence-corrected chi connectivity index (χ0v) is 14.6. The predicted octanol–water partition coefficient (Wildman–Crippen LogP) is 3.39. The summed E-state index contributed by atoms with van der Waals surface area (Å²) in [4.78, 5) is 13.8. The van der Waals surface area contributed by atoms with Gasteiger partial charge in [0.1, 0.15) is 11.5 Å². The van der Waals surface area contributed by atoms with Gasteiger partial charge < -0.3 is 20.1 Å². The molecule has 132 valence electrons. The molecule has 5 heteroatoms. The Balaban J connectivity index is 1.45. The average Bonchev–Trinajstić information content (AvgIpc) is 2.52. The number of hydrogen-bond acceptors (Lipinski definition) is 3. The Morgan fingerprint density at radius 3 is 2.32 bits per heavy atom. The normalized spacial score (nSPS) is 14.8. The Kier molecular flexibility index (Phi) is 4.95. The number of urea groups is 1. The summed E-state index contributed by atoms with van der Waals surface area (Å²) in [7, 11) is 0. The lowest BCUT2D eigenvalue weighted by Gasteiger charge is -2.45. The average molecular weight is 340 g/mol. The molecule has 0 spiro atoms. The van der Waals surface area contributed by atoms with E-state index in [1.165, 1.54) is 0 Å². The molecule has 1 saturated heterocycles. The van der Waals surface area contributed by atoms with E-state index in [2.05, 4.69) is 5.32 Å². The molecule has 0 radical (unpaired) electrons. The molecule has 0 aliphatic carbocycles. The van der Waals surface area contributed by atoms with Crippen LogP contribution in [-0.4, -0.2) is 34.7 Å². The topological polar surface area (TPSA) is 61.8 Å². The summed E-state index contributed by atoms with van der Waals surface area (Å²) in [5.74, 6) is 1.70. The standard InChI is InChI=1S/C20H24N2O3/c1-20(2,24)16-13-22(14-16)19(23)21-12-15-8-10-18(11-9-15)25-17-6-4-3-5-7-17/h3-11,16,24H,12-14H2,1-2H3,(H,21,23). The lowest BCUT2D eigenvalue weighted by molar-refractivity contribution is -0.0457. The molecular weight excluding hydrogens is 316 g/mol. The molecule has 25 heavy (non-hydrogen) atoms. The minimum Gasteiger partial charge on any atom is -0.457 e. The Morgan fingerprint density at radius 1 is 1.12 bits per heavy atom. The van der Waals surface area contributed by atoms with Gasteiger partial charge in [-0.25, -0.2) is 4.79 Å². The number of nitrogens with zero attached hydrogens (tertiary/aromatic N) is 1. The third-order valence-corrected chi connectivity index (χ3v) is 4.51. The fraction of sp³-hybridized carbons (Fsp3) is 0.350. The summed E-state index contributed by atoms with van der Waals surface area (Å²) in [6, 6.07) is 17.2. The minimum absolute atomic E-state index is 0.0925. The molecule has 5 nitrogen and oxygen atoms in total. The molecule has 0 unspecified atom stereocenters. The van der Waals surface area contributed by atoms with Crippen LogP contribution in [0.3, 0.4) is 0 Å². The smallest absolute Gasteiger partial charge is 0.317 e. The maximum absolute atomic E-state index is 12.1. The van der Waals surface area contributed by atoms with Crippen molar-refractivity contribution < 1.29 is 14.6 Å². The molecule has 1 aliphatic rings. The summed E-state index contributed by atoms with van der Waals surface area (Å²) in [6.45, 7) is 5.23.